The fourth-order valence-electron chi connectivity index (χ4n) is 2.25. The Balaban J connectivity index is 2.01. The molecule has 2 rings (SSSR count). The molecule has 1 saturated heterocycles. The van der Waals surface area contributed by atoms with E-state index in [-0.39, 0.29) is 0 Å². The van der Waals surface area contributed by atoms with Crippen molar-refractivity contribution in [1.29, 1.82) is 0 Å². The van der Waals surface area contributed by atoms with Crippen LogP contribution in [-0.4, -0.2) is 24.2 Å². The summed E-state index contributed by atoms with van der Waals surface area (Å²) in [5.74, 6) is 0.887. The lowest BCUT2D eigenvalue weighted by molar-refractivity contribution is 0.419. The first kappa shape index (κ1) is 11.4. The minimum Gasteiger partial charge on any atom is -0.508 e. The summed E-state index contributed by atoms with van der Waals surface area (Å²) < 4.78 is 0. The molecule has 0 saturated carbocycles. The van der Waals surface area contributed by atoms with Gasteiger partial charge in [-0.3, -0.25) is 10.9 Å². The molecule has 0 amide bonds. The Labute approximate surface area is 95.8 Å². The molecule has 1 aliphatic rings. The van der Waals surface area contributed by atoms with Gasteiger partial charge >= 0.3 is 0 Å². The minimum atomic E-state index is 0.390. The summed E-state index contributed by atoms with van der Waals surface area (Å²) in [6, 6.07) is 7.94. The summed E-state index contributed by atoms with van der Waals surface area (Å²) in [7, 11) is 0. The number of nitrogens with one attached hydrogen (secondary N) is 2. The molecule has 4 heteroatoms. The summed E-state index contributed by atoms with van der Waals surface area (Å²) in [6.45, 7) is 1.62. The maximum Gasteiger partial charge on any atom is 0.118 e. The van der Waals surface area contributed by atoms with Crippen LogP contribution in [0.4, 0.5) is 0 Å². The van der Waals surface area contributed by atoms with Gasteiger partial charge in [0.1, 0.15) is 5.75 Å². The fraction of sp³-hybridized carbons (Fsp3) is 0.500. The van der Waals surface area contributed by atoms with E-state index in [1.165, 1.54) is 0 Å². The Hall–Kier alpha value is -1.10. The molecule has 2 unspecified atom stereocenters. The molecule has 1 aromatic carbocycles. The second-order valence-corrected chi connectivity index (χ2v) is 4.30. The van der Waals surface area contributed by atoms with Crippen molar-refractivity contribution < 1.29 is 5.11 Å². The van der Waals surface area contributed by atoms with Crippen LogP contribution >= 0.6 is 0 Å². The number of aromatic hydroxyl groups is 1. The van der Waals surface area contributed by atoms with Gasteiger partial charge in [0.25, 0.3) is 0 Å². The average Bonchev–Trinajstić information content (AvgIpc) is 2.70. The van der Waals surface area contributed by atoms with Gasteiger partial charge in [-0.05, 0) is 36.9 Å². The van der Waals surface area contributed by atoms with Gasteiger partial charge in [-0.25, -0.2) is 0 Å². The summed E-state index contributed by atoms with van der Waals surface area (Å²) >= 11 is 0. The highest BCUT2D eigenvalue weighted by molar-refractivity contribution is 5.32. The third kappa shape index (κ3) is 2.52. The standard InChI is InChI=1S/C12H19N3O/c13-6-5-11-10(8-14-15-11)7-9-3-1-2-4-12(9)16/h1-4,10-11,14-16H,5-8,13H2. The number of hydrogen-bond donors (Lipinski definition) is 4. The van der Waals surface area contributed by atoms with Crippen LogP contribution in [0.25, 0.3) is 0 Å². The maximum absolute atomic E-state index is 9.72. The maximum atomic E-state index is 9.72. The molecular formula is C12H19N3O. The number of hydrogen-bond acceptors (Lipinski definition) is 4. The molecule has 0 bridgehead atoms. The Kier molecular flexibility index (Phi) is 3.77. The van der Waals surface area contributed by atoms with Gasteiger partial charge in [0.15, 0.2) is 0 Å². The van der Waals surface area contributed by atoms with E-state index in [1.807, 2.05) is 18.2 Å². The summed E-state index contributed by atoms with van der Waals surface area (Å²) in [4.78, 5) is 0. The lowest BCUT2D eigenvalue weighted by Gasteiger charge is -2.17. The SMILES string of the molecule is NCCC1NNCC1Cc1ccccc1O. The molecule has 0 aliphatic carbocycles. The van der Waals surface area contributed by atoms with Gasteiger partial charge in [0.2, 0.25) is 0 Å². The first-order valence-corrected chi connectivity index (χ1v) is 5.76. The number of para-hydroxylation sites is 1. The van der Waals surface area contributed by atoms with E-state index in [2.05, 4.69) is 10.9 Å². The van der Waals surface area contributed by atoms with Crippen LogP contribution in [0.1, 0.15) is 12.0 Å². The van der Waals surface area contributed by atoms with E-state index < -0.39 is 0 Å². The first-order chi connectivity index (χ1) is 7.81. The molecule has 1 aliphatic heterocycles. The minimum absolute atomic E-state index is 0.390. The van der Waals surface area contributed by atoms with Gasteiger partial charge < -0.3 is 10.8 Å². The lowest BCUT2D eigenvalue weighted by atomic mass is 9.91. The molecule has 2 atom stereocenters. The Morgan fingerprint density at radius 2 is 2.19 bits per heavy atom. The van der Waals surface area contributed by atoms with Gasteiger partial charge in [0, 0.05) is 12.6 Å². The van der Waals surface area contributed by atoms with Gasteiger partial charge in [-0.15, -0.1) is 0 Å². The highest BCUT2D eigenvalue weighted by atomic mass is 16.3. The Bertz CT molecular complexity index is 343. The predicted molar refractivity (Wildman–Crippen MR) is 63.9 cm³/mol. The van der Waals surface area contributed by atoms with Crippen LogP contribution in [0.2, 0.25) is 0 Å². The van der Waals surface area contributed by atoms with Crippen LogP contribution in [0.3, 0.4) is 0 Å². The van der Waals surface area contributed by atoms with Gasteiger partial charge in [-0.2, -0.15) is 0 Å². The molecular weight excluding hydrogens is 202 g/mol. The van der Waals surface area contributed by atoms with Crippen LogP contribution in [0.5, 0.6) is 5.75 Å². The number of benzene rings is 1. The van der Waals surface area contributed by atoms with Crippen LogP contribution < -0.4 is 16.6 Å². The predicted octanol–water partition coefficient (Wildman–Crippen LogP) is 0.376. The summed E-state index contributed by atoms with van der Waals surface area (Å²) in [5, 5.41) is 9.72. The van der Waals surface area contributed by atoms with Crippen molar-refractivity contribution in [3.63, 3.8) is 0 Å². The number of rotatable bonds is 4. The van der Waals surface area contributed by atoms with E-state index in [0.29, 0.717) is 24.3 Å². The van der Waals surface area contributed by atoms with Crippen LogP contribution in [0.15, 0.2) is 24.3 Å². The number of phenols is 1. The molecule has 88 valence electrons. The van der Waals surface area contributed by atoms with E-state index >= 15 is 0 Å². The third-order valence-corrected chi connectivity index (χ3v) is 3.17. The Morgan fingerprint density at radius 3 is 2.94 bits per heavy atom. The van der Waals surface area contributed by atoms with E-state index in [0.717, 1.165) is 24.9 Å². The zero-order valence-corrected chi connectivity index (χ0v) is 9.32. The average molecular weight is 221 g/mol. The van der Waals surface area contributed by atoms with Crippen molar-refractivity contribution in [2.24, 2.45) is 11.7 Å². The molecule has 1 aromatic rings. The molecule has 1 fully saturated rings. The molecule has 4 nitrogen and oxygen atoms in total. The van der Waals surface area contributed by atoms with Gasteiger partial charge in [0.05, 0.1) is 0 Å². The van der Waals surface area contributed by atoms with Crippen LogP contribution in [0, 0.1) is 5.92 Å². The largest absolute Gasteiger partial charge is 0.508 e. The van der Waals surface area contributed by atoms with E-state index in [1.54, 1.807) is 6.07 Å². The van der Waals surface area contributed by atoms with Crippen molar-refractivity contribution >= 4 is 0 Å². The smallest absolute Gasteiger partial charge is 0.118 e. The zero-order chi connectivity index (χ0) is 11.4. The quantitative estimate of drug-likeness (QED) is 0.593. The molecule has 0 aromatic heterocycles. The number of hydrazine groups is 1. The topological polar surface area (TPSA) is 70.3 Å². The lowest BCUT2D eigenvalue weighted by Crippen LogP contribution is -2.33. The molecule has 1 heterocycles. The third-order valence-electron chi connectivity index (χ3n) is 3.17. The van der Waals surface area contributed by atoms with Gasteiger partial charge in [-0.1, -0.05) is 18.2 Å². The molecule has 5 N–H and O–H groups in total. The van der Waals surface area contributed by atoms with Crippen molar-refractivity contribution in [2.75, 3.05) is 13.1 Å². The van der Waals surface area contributed by atoms with Crippen molar-refractivity contribution in [2.45, 2.75) is 18.9 Å². The summed E-state index contributed by atoms with van der Waals surface area (Å²) in [5.41, 5.74) is 13.0. The molecule has 0 radical (unpaired) electrons. The fourth-order valence-corrected chi connectivity index (χ4v) is 2.25. The molecule has 16 heavy (non-hydrogen) atoms. The number of phenolic OH excluding ortho intramolecular Hbond substituents is 1. The monoisotopic (exact) mass is 221 g/mol. The highest BCUT2D eigenvalue weighted by Gasteiger charge is 2.26. The highest BCUT2D eigenvalue weighted by Crippen LogP contribution is 2.23. The first-order valence-electron chi connectivity index (χ1n) is 5.76. The van der Waals surface area contributed by atoms with Crippen molar-refractivity contribution in [3.8, 4) is 5.75 Å². The van der Waals surface area contributed by atoms with Crippen molar-refractivity contribution in [1.82, 2.24) is 10.9 Å². The van der Waals surface area contributed by atoms with Crippen LogP contribution in [-0.2, 0) is 6.42 Å². The van der Waals surface area contributed by atoms with Crippen molar-refractivity contribution in [3.05, 3.63) is 29.8 Å². The zero-order valence-electron chi connectivity index (χ0n) is 9.32. The normalized spacial score (nSPS) is 24.8. The van der Waals surface area contributed by atoms with E-state index in [4.69, 9.17) is 5.73 Å². The second-order valence-electron chi connectivity index (χ2n) is 4.30. The summed E-state index contributed by atoms with van der Waals surface area (Å²) in [6.07, 6.45) is 1.85. The Morgan fingerprint density at radius 1 is 1.38 bits per heavy atom. The van der Waals surface area contributed by atoms with E-state index in [9.17, 15) is 5.11 Å². The number of nitrogens with two attached hydrogens (primary N) is 1. The molecule has 0 spiro atoms. The second kappa shape index (κ2) is 5.30.